The quantitative estimate of drug-likeness (QED) is 0.708. The Morgan fingerprint density at radius 1 is 1.47 bits per heavy atom. The largest absolute Gasteiger partial charge is 0.374 e. The van der Waals surface area contributed by atoms with E-state index in [1.807, 2.05) is 0 Å². The van der Waals surface area contributed by atoms with Gasteiger partial charge in [0.15, 0.2) is 0 Å². The van der Waals surface area contributed by atoms with Gasteiger partial charge < -0.3 is 10.1 Å². The fraction of sp³-hybridized carbons (Fsp3) is 1.00. The van der Waals surface area contributed by atoms with Crippen LogP contribution in [0.3, 0.4) is 0 Å². The molecular weight excluding hydrogens is 214 g/mol. The lowest BCUT2D eigenvalue weighted by Gasteiger charge is -2.34. The summed E-state index contributed by atoms with van der Waals surface area (Å²) >= 11 is 0. The van der Waals surface area contributed by atoms with E-state index in [2.05, 4.69) is 12.2 Å². The van der Waals surface area contributed by atoms with E-state index in [1.54, 1.807) is 0 Å². The third-order valence-electron chi connectivity index (χ3n) is 2.67. The van der Waals surface area contributed by atoms with E-state index in [-0.39, 0.29) is 11.4 Å². The second-order valence-electron chi connectivity index (χ2n) is 4.56. The summed E-state index contributed by atoms with van der Waals surface area (Å²) in [5.74, 6) is 0.219. The molecule has 0 bridgehead atoms. The third-order valence-corrected chi connectivity index (χ3v) is 3.70. The monoisotopic (exact) mass is 235 g/mol. The Labute approximate surface area is 92.3 Å². The lowest BCUT2D eigenvalue weighted by Crippen LogP contribution is -2.45. The Morgan fingerprint density at radius 2 is 2.20 bits per heavy atom. The smallest absolute Gasteiger partial charge is 0.147 e. The van der Waals surface area contributed by atoms with Crippen LogP contribution in [0.25, 0.3) is 0 Å². The van der Waals surface area contributed by atoms with Gasteiger partial charge in [-0.3, -0.25) is 0 Å². The highest BCUT2D eigenvalue weighted by molar-refractivity contribution is 7.90. The summed E-state index contributed by atoms with van der Waals surface area (Å²) in [6.07, 6.45) is 4.03. The van der Waals surface area contributed by atoms with Crippen molar-refractivity contribution in [2.24, 2.45) is 0 Å². The lowest BCUT2D eigenvalue weighted by atomic mass is 9.96. The normalized spacial score (nSPS) is 27.9. The van der Waals surface area contributed by atoms with Crippen molar-refractivity contribution in [3.8, 4) is 0 Å². The van der Waals surface area contributed by atoms with Crippen LogP contribution in [0.2, 0.25) is 0 Å². The highest BCUT2D eigenvalue weighted by Crippen LogP contribution is 2.19. The zero-order valence-electron chi connectivity index (χ0n) is 9.58. The molecule has 0 aromatic carbocycles. The summed E-state index contributed by atoms with van der Waals surface area (Å²) in [6, 6.07) is 0. The van der Waals surface area contributed by atoms with Gasteiger partial charge in [0, 0.05) is 19.4 Å². The van der Waals surface area contributed by atoms with Gasteiger partial charge >= 0.3 is 0 Å². The summed E-state index contributed by atoms with van der Waals surface area (Å²) in [4.78, 5) is 0. The molecule has 1 aliphatic heterocycles. The van der Waals surface area contributed by atoms with Crippen LogP contribution in [0, 0.1) is 0 Å². The highest BCUT2D eigenvalue weighted by Gasteiger charge is 2.26. The van der Waals surface area contributed by atoms with E-state index in [0.29, 0.717) is 13.0 Å². The van der Waals surface area contributed by atoms with E-state index in [1.165, 1.54) is 6.26 Å². The van der Waals surface area contributed by atoms with Crippen molar-refractivity contribution >= 4 is 9.84 Å². The van der Waals surface area contributed by atoms with Gasteiger partial charge in [-0.15, -0.1) is 0 Å². The average molecular weight is 235 g/mol. The molecule has 0 aromatic rings. The standard InChI is InChI=1S/C10H21NO3S/c1-10(5-3-6-11-9-10)14-7-4-8-15(2,12)13/h11H,3-9H2,1-2H3. The number of hydrogen-bond acceptors (Lipinski definition) is 4. The van der Waals surface area contributed by atoms with Gasteiger partial charge in [-0.1, -0.05) is 0 Å². The summed E-state index contributed by atoms with van der Waals surface area (Å²) in [5, 5.41) is 3.29. The van der Waals surface area contributed by atoms with Gasteiger partial charge in [-0.05, 0) is 32.7 Å². The lowest BCUT2D eigenvalue weighted by molar-refractivity contribution is -0.0459. The van der Waals surface area contributed by atoms with Crippen LogP contribution in [-0.2, 0) is 14.6 Å². The predicted molar refractivity (Wildman–Crippen MR) is 60.8 cm³/mol. The van der Waals surface area contributed by atoms with Crippen molar-refractivity contribution in [1.82, 2.24) is 5.32 Å². The van der Waals surface area contributed by atoms with Gasteiger partial charge in [0.05, 0.1) is 11.4 Å². The molecule has 1 atom stereocenters. The van der Waals surface area contributed by atoms with E-state index in [4.69, 9.17) is 4.74 Å². The second-order valence-corrected chi connectivity index (χ2v) is 6.82. The molecule has 1 unspecified atom stereocenters. The summed E-state index contributed by atoms with van der Waals surface area (Å²) in [7, 11) is -2.84. The van der Waals surface area contributed by atoms with E-state index in [9.17, 15) is 8.42 Å². The van der Waals surface area contributed by atoms with Crippen LogP contribution in [0.15, 0.2) is 0 Å². The molecule has 1 aliphatic rings. The van der Waals surface area contributed by atoms with Gasteiger partial charge in [0.25, 0.3) is 0 Å². The Morgan fingerprint density at radius 3 is 2.73 bits per heavy atom. The molecule has 0 radical (unpaired) electrons. The molecular formula is C10H21NO3S. The van der Waals surface area contributed by atoms with Gasteiger partial charge in [0.2, 0.25) is 0 Å². The molecule has 0 spiro atoms. The molecule has 1 N–H and O–H groups in total. The maximum atomic E-state index is 10.9. The van der Waals surface area contributed by atoms with Crippen LogP contribution in [0.4, 0.5) is 0 Å². The van der Waals surface area contributed by atoms with Crippen molar-refractivity contribution in [2.75, 3.05) is 31.7 Å². The predicted octanol–water partition coefficient (Wildman–Crippen LogP) is 0.580. The Bertz CT molecular complexity index is 281. The van der Waals surface area contributed by atoms with Crippen molar-refractivity contribution in [2.45, 2.75) is 31.8 Å². The Kier molecular flexibility index (Phi) is 4.55. The minimum atomic E-state index is -2.84. The minimum Gasteiger partial charge on any atom is -0.374 e. The number of nitrogens with one attached hydrogen (secondary N) is 1. The Balaban J connectivity index is 2.19. The molecule has 0 aromatic heterocycles. The molecule has 1 fully saturated rings. The fourth-order valence-corrected chi connectivity index (χ4v) is 2.43. The zero-order valence-corrected chi connectivity index (χ0v) is 10.4. The van der Waals surface area contributed by atoms with Gasteiger partial charge in [-0.25, -0.2) is 8.42 Å². The van der Waals surface area contributed by atoms with Gasteiger partial charge in [0.1, 0.15) is 9.84 Å². The van der Waals surface area contributed by atoms with Crippen LogP contribution in [0.5, 0.6) is 0 Å². The zero-order chi connectivity index (χ0) is 11.4. The minimum absolute atomic E-state index is 0.101. The fourth-order valence-electron chi connectivity index (χ4n) is 1.79. The molecule has 4 nitrogen and oxygen atoms in total. The van der Waals surface area contributed by atoms with Crippen molar-refractivity contribution in [3.05, 3.63) is 0 Å². The first-order valence-electron chi connectivity index (χ1n) is 5.44. The number of ether oxygens (including phenoxy) is 1. The SMILES string of the molecule is CC1(OCCCS(C)(=O)=O)CCCNC1. The van der Waals surface area contributed by atoms with Crippen molar-refractivity contribution in [1.29, 1.82) is 0 Å². The molecule has 1 saturated heterocycles. The van der Waals surface area contributed by atoms with Crippen molar-refractivity contribution < 1.29 is 13.2 Å². The second kappa shape index (κ2) is 5.27. The molecule has 1 rings (SSSR count). The average Bonchev–Trinajstić information content (AvgIpc) is 2.12. The summed E-state index contributed by atoms with van der Waals surface area (Å²) in [6.45, 7) is 4.54. The molecule has 1 heterocycles. The maximum Gasteiger partial charge on any atom is 0.147 e. The molecule has 15 heavy (non-hydrogen) atoms. The summed E-state index contributed by atoms with van der Waals surface area (Å²) < 4.78 is 27.5. The van der Waals surface area contributed by atoms with Gasteiger partial charge in [-0.2, -0.15) is 0 Å². The van der Waals surface area contributed by atoms with Crippen LogP contribution < -0.4 is 5.32 Å². The molecule has 0 saturated carbocycles. The van der Waals surface area contributed by atoms with E-state index in [0.717, 1.165) is 25.9 Å². The summed E-state index contributed by atoms with van der Waals surface area (Å²) in [5.41, 5.74) is -0.101. The third kappa shape index (κ3) is 5.49. The number of piperidine rings is 1. The Hall–Kier alpha value is -0.130. The number of sulfone groups is 1. The topological polar surface area (TPSA) is 55.4 Å². The first-order chi connectivity index (χ1) is 6.91. The van der Waals surface area contributed by atoms with Crippen LogP contribution in [-0.4, -0.2) is 45.7 Å². The van der Waals surface area contributed by atoms with Crippen molar-refractivity contribution in [3.63, 3.8) is 0 Å². The van der Waals surface area contributed by atoms with Crippen LogP contribution in [0.1, 0.15) is 26.2 Å². The van der Waals surface area contributed by atoms with E-state index < -0.39 is 9.84 Å². The molecule has 0 amide bonds. The molecule has 90 valence electrons. The first-order valence-corrected chi connectivity index (χ1v) is 7.50. The van der Waals surface area contributed by atoms with E-state index >= 15 is 0 Å². The number of rotatable bonds is 5. The van der Waals surface area contributed by atoms with Crippen LogP contribution >= 0.6 is 0 Å². The first kappa shape index (κ1) is 12.9. The molecule has 0 aliphatic carbocycles. The maximum absolute atomic E-state index is 10.9. The highest BCUT2D eigenvalue weighted by atomic mass is 32.2. The number of hydrogen-bond donors (Lipinski definition) is 1. The molecule has 5 heteroatoms.